The summed E-state index contributed by atoms with van der Waals surface area (Å²) >= 11 is 6.25. The molecule has 4 aliphatic rings. The summed E-state index contributed by atoms with van der Waals surface area (Å²) in [4.78, 5) is 45.2. The van der Waals surface area contributed by atoms with Crippen LogP contribution in [0.15, 0.2) is 50.7 Å². The zero-order chi connectivity index (χ0) is 26.5. The van der Waals surface area contributed by atoms with Crippen LogP contribution in [0.25, 0.3) is 0 Å². The number of nitrogens with one attached hydrogen (secondary N) is 1. The smallest absolute Gasteiger partial charge is 0.305 e. The van der Waals surface area contributed by atoms with Crippen molar-refractivity contribution >= 4 is 56.5 Å². The van der Waals surface area contributed by atoms with E-state index < -0.39 is 5.92 Å². The third-order valence-electron chi connectivity index (χ3n) is 8.67. The normalized spacial score (nSPS) is 30.8. The molecular weight excluding hydrogens is 592 g/mol. The van der Waals surface area contributed by atoms with Crippen molar-refractivity contribution in [2.24, 2.45) is 29.6 Å². The lowest BCUT2D eigenvalue weighted by Gasteiger charge is -2.43. The molecular formula is C27H23BrN2O6S2. The minimum Gasteiger partial charge on any atom is -0.502 e. The van der Waals surface area contributed by atoms with Crippen molar-refractivity contribution in [2.45, 2.75) is 22.6 Å². The Hall–Kier alpha value is -2.76. The number of thioether (sulfide) groups is 1. The first-order valence-electron chi connectivity index (χ1n) is 12.3. The lowest BCUT2D eigenvalue weighted by Crippen LogP contribution is -2.42. The number of ether oxygens (including phenoxy) is 2. The maximum Gasteiger partial charge on any atom is 0.305 e. The highest BCUT2D eigenvalue weighted by Crippen LogP contribution is 2.69. The number of amides is 2. The third kappa shape index (κ3) is 3.24. The number of aromatic hydroxyl groups is 1. The number of methoxy groups -OCH3 is 2. The Kier molecular flexibility index (Phi) is 5.51. The van der Waals surface area contributed by atoms with Crippen molar-refractivity contribution in [1.82, 2.24) is 4.98 Å². The molecule has 2 saturated carbocycles. The minimum atomic E-state index is -0.390. The van der Waals surface area contributed by atoms with Gasteiger partial charge in [-0.15, -0.1) is 11.8 Å². The second-order valence-electron chi connectivity index (χ2n) is 10.2. The first-order valence-corrected chi connectivity index (χ1v) is 14.8. The Balaban J connectivity index is 1.34. The summed E-state index contributed by atoms with van der Waals surface area (Å²) in [7, 11) is 2.97. The molecule has 2 aliphatic carbocycles. The van der Waals surface area contributed by atoms with Crippen molar-refractivity contribution in [3.05, 3.63) is 61.0 Å². The van der Waals surface area contributed by atoms with Crippen molar-refractivity contribution in [2.75, 3.05) is 19.1 Å². The van der Waals surface area contributed by atoms with Gasteiger partial charge in [-0.2, -0.15) is 0 Å². The molecule has 3 fully saturated rings. The summed E-state index contributed by atoms with van der Waals surface area (Å²) in [6.07, 6.45) is 0.797. The average molecular weight is 616 g/mol. The molecule has 1 saturated heterocycles. The Morgan fingerprint density at radius 2 is 1.63 bits per heavy atom. The number of phenolic OH excluding ortho intramolecular Hbond substituents is 1. The Bertz CT molecular complexity index is 1530. The van der Waals surface area contributed by atoms with Crippen molar-refractivity contribution in [3.63, 3.8) is 0 Å². The lowest BCUT2D eigenvalue weighted by molar-refractivity contribution is -0.123. The predicted octanol–water partition coefficient (Wildman–Crippen LogP) is 4.60. The number of anilines is 1. The highest BCUT2D eigenvalue weighted by atomic mass is 79.9. The van der Waals surface area contributed by atoms with Gasteiger partial charge in [-0.05, 0) is 66.1 Å². The fourth-order valence-corrected chi connectivity index (χ4v) is 10.5. The Morgan fingerprint density at radius 1 is 1.00 bits per heavy atom. The number of benzene rings is 2. The average Bonchev–Trinajstić information content (AvgIpc) is 3.64. The van der Waals surface area contributed by atoms with E-state index in [9.17, 15) is 19.5 Å². The summed E-state index contributed by atoms with van der Waals surface area (Å²) in [6, 6.07) is 10.9. The van der Waals surface area contributed by atoms with Gasteiger partial charge in [0.15, 0.2) is 11.5 Å². The number of H-pyrrole nitrogens is 1. The van der Waals surface area contributed by atoms with E-state index in [-0.39, 0.29) is 68.8 Å². The first-order chi connectivity index (χ1) is 18.3. The van der Waals surface area contributed by atoms with Crippen molar-refractivity contribution < 1.29 is 24.2 Å². The van der Waals surface area contributed by atoms with E-state index in [1.165, 1.54) is 30.5 Å². The number of aromatic amines is 1. The predicted molar refractivity (Wildman–Crippen MR) is 146 cm³/mol. The number of rotatable bonds is 4. The van der Waals surface area contributed by atoms with E-state index in [0.717, 1.165) is 26.4 Å². The zero-order valence-corrected chi connectivity index (χ0v) is 23.6. The maximum atomic E-state index is 13.8. The lowest BCUT2D eigenvalue weighted by atomic mass is 9.68. The fourth-order valence-electron chi connectivity index (χ4n) is 7.33. The first kappa shape index (κ1) is 24.3. The minimum absolute atomic E-state index is 0.0134. The number of hydrogen-bond acceptors (Lipinski definition) is 8. The maximum absolute atomic E-state index is 13.8. The van der Waals surface area contributed by atoms with E-state index in [4.69, 9.17) is 9.47 Å². The largest absolute Gasteiger partial charge is 0.502 e. The number of carbonyl (C=O) groups is 2. The summed E-state index contributed by atoms with van der Waals surface area (Å²) in [5.41, 5.74) is 1.45. The molecule has 38 heavy (non-hydrogen) atoms. The molecule has 7 rings (SSSR count). The second kappa shape index (κ2) is 8.62. The van der Waals surface area contributed by atoms with E-state index >= 15 is 0 Å². The van der Waals surface area contributed by atoms with Gasteiger partial charge in [0.1, 0.15) is 0 Å². The molecule has 0 radical (unpaired) electrons. The van der Waals surface area contributed by atoms with Crippen LogP contribution in [0.2, 0.25) is 0 Å². The highest BCUT2D eigenvalue weighted by Gasteiger charge is 2.69. The number of nitrogens with zero attached hydrogens (tertiary/aromatic N) is 1. The van der Waals surface area contributed by atoms with Crippen LogP contribution in [-0.2, 0) is 9.59 Å². The van der Waals surface area contributed by atoms with Gasteiger partial charge in [-0.25, -0.2) is 0 Å². The summed E-state index contributed by atoms with van der Waals surface area (Å²) in [5.74, 6) is -0.680. The molecule has 8 nitrogen and oxygen atoms in total. The number of hydrogen-bond donors (Lipinski definition) is 2. The number of imide groups is 1. The monoisotopic (exact) mass is 614 g/mol. The topological polar surface area (TPSA) is 109 Å². The molecule has 0 spiro atoms. The van der Waals surface area contributed by atoms with Crippen LogP contribution in [0.5, 0.6) is 17.2 Å². The highest BCUT2D eigenvalue weighted by molar-refractivity contribution is 9.10. The molecule has 2 N–H and O–H groups in total. The van der Waals surface area contributed by atoms with Crippen LogP contribution >= 0.6 is 39.0 Å². The van der Waals surface area contributed by atoms with Gasteiger partial charge in [0.2, 0.25) is 17.6 Å². The molecule has 3 heterocycles. The fraction of sp³-hybridized carbons (Fsp3) is 0.370. The molecule has 2 bridgehead atoms. The van der Waals surface area contributed by atoms with Gasteiger partial charge in [0.05, 0.1) is 36.8 Å². The van der Waals surface area contributed by atoms with Crippen LogP contribution in [0.1, 0.15) is 22.8 Å². The van der Waals surface area contributed by atoms with Gasteiger partial charge < -0.3 is 19.6 Å². The molecule has 11 heteroatoms. The van der Waals surface area contributed by atoms with Crippen LogP contribution in [0.4, 0.5) is 5.69 Å². The van der Waals surface area contributed by atoms with Crippen LogP contribution in [0.3, 0.4) is 0 Å². The molecule has 3 aromatic rings. The van der Waals surface area contributed by atoms with Crippen molar-refractivity contribution in [3.8, 4) is 17.2 Å². The van der Waals surface area contributed by atoms with E-state index in [1.807, 2.05) is 12.1 Å². The van der Waals surface area contributed by atoms with Crippen molar-refractivity contribution in [1.29, 1.82) is 0 Å². The van der Waals surface area contributed by atoms with Gasteiger partial charge >= 0.3 is 4.87 Å². The molecule has 196 valence electrons. The van der Waals surface area contributed by atoms with Crippen LogP contribution in [0, 0.1) is 29.6 Å². The van der Waals surface area contributed by atoms with Gasteiger partial charge in [0.25, 0.3) is 0 Å². The van der Waals surface area contributed by atoms with E-state index in [0.29, 0.717) is 5.69 Å². The Labute approximate surface area is 234 Å². The molecule has 2 aliphatic heterocycles. The summed E-state index contributed by atoms with van der Waals surface area (Å²) in [5, 5.41) is 11.4. The van der Waals surface area contributed by atoms with Gasteiger partial charge in [-0.1, -0.05) is 27.3 Å². The van der Waals surface area contributed by atoms with E-state index in [1.54, 1.807) is 36.0 Å². The number of halogens is 1. The summed E-state index contributed by atoms with van der Waals surface area (Å²) in [6.45, 7) is 0. The third-order valence-corrected chi connectivity index (χ3v) is 11.8. The quantitative estimate of drug-likeness (QED) is 0.413. The molecule has 1 aromatic heterocycles. The SMILES string of the molecule is COc1cc(C2c3sc(=O)[nH]c3SC3C2[C@H]2C[C@@H]3C3C(=O)N(c4ccc(Br)cc4)C(=O)C32)cc(OC)c1O. The number of aromatic nitrogens is 1. The molecule has 7 atom stereocenters. The Morgan fingerprint density at radius 3 is 2.26 bits per heavy atom. The second-order valence-corrected chi connectivity index (χ2v) is 13.3. The van der Waals surface area contributed by atoms with Crippen LogP contribution < -0.4 is 19.2 Å². The number of thiazole rings is 1. The molecule has 2 amide bonds. The number of fused-ring (bicyclic) bond motifs is 9. The molecule has 5 unspecified atom stereocenters. The number of phenols is 1. The van der Waals surface area contributed by atoms with Crippen LogP contribution in [-0.4, -0.2) is 41.4 Å². The van der Waals surface area contributed by atoms with Gasteiger partial charge in [0, 0.05) is 20.5 Å². The van der Waals surface area contributed by atoms with Gasteiger partial charge in [-0.3, -0.25) is 19.3 Å². The molecule has 2 aromatic carbocycles. The van der Waals surface area contributed by atoms with E-state index in [2.05, 4.69) is 20.9 Å². The standard InChI is InChI=1S/C27H23BrN2O6S2/c1-35-15-7-10(8-16(36-2)21(15)31)17-18-13-9-14(22(18)37-24-23(17)38-27(34)29-24)20-19(13)25(32)30(26(20)33)12-5-3-11(28)4-6-12/h3-8,13-14,17-20,22,31H,9H2,1-2H3,(H,29,34)/t13-,14-,17?,18?,19?,20?,22?/m1/s1. The summed E-state index contributed by atoms with van der Waals surface area (Å²) < 4.78 is 11.8. The number of carbonyl (C=O) groups excluding carboxylic acids is 2. The zero-order valence-electron chi connectivity index (χ0n) is 20.3.